The number of thioether (sulfide) groups is 1. The Hall–Kier alpha value is -3.26. The van der Waals surface area contributed by atoms with Crippen LogP contribution in [0.15, 0.2) is 41.3 Å². The lowest BCUT2D eigenvalue weighted by molar-refractivity contribution is -0.127. The van der Waals surface area contributed by atoms with Crippen LogP contribution < -0.4 is 14.8 Å². The van der Waals surface area contributed by atoms with Gasteiger partial charge in [-0.1, -0.05) is 19.1 Å². The van der Waals surface area contributed by atoms with E-state index in [0.717, 1.165) is 34.2 Å². The molecule has 180 valence electrons. The Kier molecular flexibility index (Phi) is 8.39. The molecule has 0 aliphatic carbocycles. The van der Waals surface area contributed by atoms with Crippen molar-refractivity contribution < 1.29 is 23.9 Å². The lowest BCUT2D eigenvalue weighted by atomic mass is 10.1. The summed E-state index contributed by atoms with van der Waals surface area (Å²) in [6.45, 7) is 9.96. The number of benzene rings is 2. The van der Waals surface area contributed by atoms with Gasteiger partial charge < -0.3 is 14.8 Å². The Labute approximate surface area is 204 Å². The Bertz CT molecular complexity index is 1130. The Balaban J connectivity index is 1.72. The minimum atomic E-state index is -0.497. The number of carbonyl (C=O) groups is 3. The van der Waals surface area contributed by atoms with Gasteiger partial charge in [-0.2, -0.15) is 0 Å². The summed E-state index contributed by atoms with van der Waals surface area (Å²) in [5.41, 5.74) is 3.48. The number of hydrogen-bond donors (Lipinski definition) is 1. The molecule has 2 aromatic rings. The molecule has 1 atom stereocenters. The summed E-state index contributed by atoms with van der Waals surface area (Å²) in [6.07, 6.45) is 2.52. The minimum Gasteiger partial charge on any atom is -0.490 e. The van der Waals surface area contributed by atoms with Crippen LogP contribution in [-0.4, -0.2) is 41.2 Å². The summed E-state index contributed by atoms with van der Waals surface area (Å²) < 4.78 is 11.6. The van der Waals surface area contributed by atoms with Crippen LogP contribution in [0.3, 0.4) is 0 Å². The molecule has 3 rings (SSSR count). The van der Waals surface area contributed by atoms with Crippen molar-refractivity contribution in [1.29, 1.82) is 0 Å². The molecule has 0 spiro atoms. The van der Waals surface area contributed by atoms with Gasteiger partial charge in [0, 0.05) is 5.69 Å². The van der Waals surface area contributed by atoms with Gasteiger partial charge in [0.15, 0.2) is 11.5 Å². The fourth-order valence-corrected chi connectivity index (χ4v) is 4.07. The maximum atomic E-state index is 12.8. The highest BCUT2D eigenvalue weighted by molar-refractivity contribution is 8.18. The van der Waals surface area contributed by atoms with Crippen LogP contribution in [0.4, 0.5) is 10.5 Å². The summed E-state index contributed by atoms with van der Waals surface area (Å²) in [5.74, 6) is 0.271. The molecule has 7 nitrogen and oxygen atoms in total. The molecule has 1 saturated heterocycles. The van der Waals surface area contributed by atoms with Crippen molar-refractivity contribution in [3.05, 3.63) is 58.0 Å². The average molecular weight is 483 g/mol. The van der Waals surface area contributed by atoms with Crippen LogP contribution in [-0.2, 0) is 9.59 Å². The van der Waals surface area contributed by atoms with Gasteiger partial charge in [-0.15, -0.1) is 0 Å². The van der Waals surface area contributed by atoms with Gasteiger partial charge in [-0.25, -0.2) is 0 Å². The fourth-order valence-electron chi connectivity index (χ4n) is 3.23. The quantitative estimate of drug-likeness (QED) is 0.472. The maximum Gasteiger partial charge on any atom is 0.294 e. The van der Waals surface area contributed by atoms with Gasteiger partial charge in [-0.3, -0.25) is 19.3 Å². The highest BCUT2D eigenvalue weighted by atomic mass is 32.2. The summed E-state index contributed by atoms with van der Waals surface area (Å²) >= 11 is 0.813. The molecule has 1 unspecified atom stereocenters. The Morgan fingerprint density at radius 1 is 1.09 bits per heavy atom. The van der Waals surface area contributed by atoms with E-state index in [4.69, 9.17) is 9.47 Å². The van der Waals surface area contributed by atoms with E-state index in [1.54, 1.807) is 30.3 Å². The van der Waals surface area contributed by atoms with Crippen molar-refractivity contribution in [1.82, 2.24) is 4.90 Å². The molecule has 8 heteroatoms. The molecule has 0 bridgehead atoms. The predicted molar refractivity (Wildman–Crippen MR) is 135 cm³/mol. The van der Waals surface area contributed by atoms with Crippen LogP contribution in [0.1, 0.15) is 43.9 Å². The summed E-state index contributed by atoms with van der Waals surface area (Å²) in [5, 5.41) is 2.27. The zero-order valence-corrected chi connectivity index (χ0v) is 21.0. The van der Waals surface area contributed by atoms with Crippen molar-refractivity contribution in [2.75, 3.05) is 18.5 Å². The first-order valence-electron chi connectivity index (χ1n) is 11.3. The molecule has 0 saturated carbocycles. The fraction of sp³-hybridized carbons (Fsp3) is 0.346. The average Bonchev–Trinajstić information content (AvgIpc) is 3.05. The molecule has 0 radical (unpaired) electrons. The maximum absolute atomic E-state index is 12.8. The molecule has 1 aliphatic rings. The number of anilines is 1. The van der Waals surface area contributed by atoms with E-state index in [1.807, 2.05) is 46.8 Å². The zero-order valence-electron chi connectivity index (χ0n) is 20.1. The summed E-state index contributed by atoms with van der Waals surface area (Å²) in [4.78, 5) is 39.0. The molecule has 34 heavy (non-hydrogen) atoms. The van der Waals surface area contributed by atoms with E-state index >= 15 is 0 Å². The third kappa shape index (κ3) is 6.20. The van der Waals surface area contributed by atoms with Crippen molar-refractivity contribution in [3.63, 3.8) is 0 Å². The van der Waals surface area contributed by atoms with E-state index in [1.165, 1.54) is 0 Å². The summed E-state index contributed by atoms with van der Waals surface area (Å²) in [7, 11) is 0. The second kappa shape index (κ2) is 11.2. The van der Waals surface area contributed by atoms with Gasteiger partial charge in [0.25, 0.3) is 11.1 Å². The van der Waals surface area contributed by atoms with Crippen LogP contribution in [0.2, 0.25) is 0 Å². The Morgan fingerprint density at radius 3 is 2.53 bits per heavy atom. The normalized spacial score (nSPS) is 15.6. The number of rotatable bonds is 9. The first-order chi connectivity index (χ1) is 16.2. The van der Waals surface area contributed by atoms with Crippen LogP contribution in [0.5, 0.6) is 11.5 Å². The van der Waals surface area contributed by atoms with E-state index in [9.17, 15) is 14.4 Å². The van der Waals surface area contributed by atoms with Crippen molar-refractivity contribution in [2.24, 2.45) is 0 Å². The highest BCUT2D eigenvalue weighted by Gasteiger charge is 2.36. The number of nitrogens with one attached hydrogen (secondary N) is 1. The van der Waals surface area contributed by atoms with Crippen LogP contribution >= 0.6 is 11.8 Å². The third-order valence-corrected chi connectivity index (χ3v) is 6.34. The first kappa shape index (κ1) is 25.4. The number of nitrogens with zero attached hydrogens (tertiary/aromatic N) is 1. The van der Waals surface area contributed by atoms with Crippen molar-refractivity contribution in [3.8, 4) is 11.5 Å². The van der Waals surface area contributed by atoms with Crippen molar-refractivity contribution >= 4 is 40.6 Å². The SMILES string of the molecule is CCOc1cc(C=C2SC(=O)N(CC(=O)Nc3ccc(C)c(C)c3)C2=O)ccc1OC(C)CC. The first-order valence-corrected chi connectivity index (χ1v) is 12.1. The minimum absolute atomic E-state index is 0.0385. The molecule has 0 aromatic heterocycles. The molecule has 1 fully saturated rings. The van der Waals surface area contributed by atoms with E-state index < -0.39 is 17.1 Å². The molecular formula is C26H30N2O5S. The zero-order chi connectivity index (χ0) is 24.8. The monoisotopic (exact) mass is 482 g/mol. The number of carbonyl (C=O) groups excluding carboxylic acids is 3. The second-order valence-electron chi connectivity index (χ2n) is 8.09. The number of aryl methyl sites for hydroxylation is 2. The van der Waals surface area contributed by atoms with Crippen LogP contribution in [0, 0.1) is 13.8 Å². The smallest absolute Gasteiger partial charge is 0.294 e. The largest absolute Gasteiger partial charge is 0.490 e. The van der Waals surface area contributed by atoms with E-state index in [0.29, 0.717) is 29.4 Å². The van der Waals surface area contributed by atoms with E-state index in [-0.39, 0.29) is 17.6 Å². The standard InChI is InChI=1S/C26H30N2O5S/c1-6-18(5)33-21-11-9-19(13-22(21)32-7-2)14-23-25(30)28(26(31)34-23)15-24(29)27-20-10-8-16(3)17(4)12-20/h8-14,18H,6-7,15H2,1-5H3,(H,27,29). The number of amides is 3. The molecule has 1 heterocycles. The molecule has 1 aliphatic heterocycles. The number of imide groups is 1. The summed E-state index contributed by atoms with van der Waals surface area (Å²) in [6, 6.07) is 10.9. The molecule has 2 aromatic carbocycles. The number of ether oxygens (including phenoxy) is 2. The van der Waals surface area contributed by atoms with Crippen LogP contribution in [0.25, 0.3) is 6.08 Å². The molecule has 3 amide bonds. The Morgan fingerprint density at radius 2 is 1.85 bits per heavy atom. The van der Waals surface area contributed by atoms with Gasteiger partial charge in [0.05, 0.1) is 17.6 Å². The predicted octanol–water partition coefficient (Wildman–Crippen LogP) is 5.55. The highest BCUT2D eigenvalue weighted by Crippen LogP contribution is 2.35. The topological polar surface area (TPSA) is 84.9 Å². The van der Waals surface area contributed by atoms with E-state index in [2.05, 4.69) is 5.32 Å². The van der Waals surface area contributed by atoms with Gasteiger partial charge in [0.1, 0.15) is 6.54 Å². The molecular weight excluding hydrogens is 452 g/mol. The second-order valence-corrected chi connectivity index (χ2v) is 9.08. The van der Waals surface area contributed by atoms with Crippen molar-refractivity contribution in [2.45, 2.75) is 47.1 Å². The lowest BCUT2D eigenvalue weighted by Crippen LogP contribution is -2.36. The lowest BCUT2D eigenvalue weighted by Gasteiger charge is -2.16. The van der Waals surface area contributed by atoms with Gasteiger partial charge in [-0.05, 0) is 92.9 Å². The van der Waals surface area contributed by atoms with Gasteiger partial charge >= 0.3 is 0 Å². The molecule has 1 N–H and O–H groups in total. The third-order valence-electron chi connectivity index (χ3n) is 5.43. The van der Waals surface area contributed by atoms with Gasteiger partial charge in [0.2, 0.25) is 5.91 Å². The number of hydrogen-bond acceptors (Lipinski definition) is 6.